The molecule has 1 aliphatic heterocycles. The number of ether oxygens (including phenoxy) is 1. The van der Waals surface area contributed by atoms with Gasteiger partial charge in [-0.05, 0) is 59.7 Å². The fourth-order valence-electron chi connectivity index (χ4n) is 2.34. The quantitative estimate of drug-likeness (QED) is 0.820. The van der Waals surface area contributed by atoms with Crippen molar-refractivity contribution in [2.24, 2.45) is 0 Å². The first-order valence-corrected chi connectivity index (χ1v) is 9.84. The van der Waals surface area contributed by atoms with E-state index in [1.165, 1.54) is 0 Å². The fourth-order valence-corrected chi connectivity index (χ4v) is 2.90. The average molecular weight is 355 g/mol. The van der Waals surface area contributed by atoms with E-state index in [1.54, 1.807) is 18.2 Å². The van der Waals surface area contributed by atoms with Crippen LogP contribution < -0.4 is 14.9 Å². The molecule has 0 aromatic heterocycles. The van der Waals surface area contributed by atoms with Crippen LogP contribution in [0.2, 0.25) is 0 Å². The molecular formula is C16H26BNO5S. The predicted molar refractivity (Wildman–Crippen MR) is 96.4 cm³/mol. The first-order chi connectivity index (χ1) is 10.8. The third-order valence-electron chi connectivity index (χ3n) is 4.18. The Labute approximate surface area is 145 Å². The van der Waals surface area contributed by atoms with Crippen molar-refractivity contribution in [2.75, 3.05) is 11.0 Å². The normalized spacial score (nSPS) is 19.6. The molecule has 24 heavy (non-hydrogen) atoms. The zero-order chi connectivity index (χ0) is 18.3. The van der Waals surface area contributed by atoms with Gasteiger partial charge in [-0.25, -0.2) is 8.42 Å². The highest BCUT2D eigenvalue weighted by atomic mass is 32.2. The van der Waals surface area contributed by atoms with Gasteiger partial charge in [0, 0.05) is 11.2 Å². The molecule has 0 spiro atoms. The zero-order valence-electron chi connectivity index (χ0n) is 15.3. The smallest absolute Gasteiger partial charge is 0.491 e. The van der Waals surface area contributed by atoms with Gasteiger partial charge in [-0.2, -0.15) is 0 Å². The second kappa shape index (κ2) is 6.24. The van der Waals surface area contributed by atoms with Crippen LogP contribution in [0.15, 0.2) is 18.2 Å². The maximum absolute atomic E-state index is 11.5. The molecule has 1 aliphatic rings. The highest BCUT2D eigenvalue weighted by Gasteiger charge is 2.52. The highest BCUT2D eigenvalue weighted by molar-refractivity contribution is 7.92. The lowest BCUT2D eigenvalue weighted by molar-refractivity contribution is 0.00578. The van der Waals surface area contributed by atoms with Crippen LogP contribution in [0.4, 0.5) is 5.69 Å². The second-order valence-corrected chi connectivity index (χ2v) is 9.13. The molecule has 1 saturated heterocycles. The topological polar surface area (TPSA) is 73.9 Å². The Balaban J connectivity index is 2.43. The van der Waals surface area contributed by atoms with Gasteiger partial charge in [0.15, 0.2) is 0 Å². The molecule has 0 saturated carbocycles. The Hall–Kier alpha value is -1.25. The van der Waals surface area contributed by atoms with Crippen LogP contribution in [0.3, 0.4) is 0 Å². The maximum Gasteiger partial charge on any atom is 0.498 e. The molecule has 6 nitrogen and oxygen atoms in total. The van der Waals surface area contributed by atoms with E-state index in [1.807, 2.05) is 41.5 Å². The summed E-state index contributed by atoms with van der Waals surface area (Å²) in [6, 6.07) is 5.09. The number of rotatable bonds is 5. The SMILES string of the molecule is CC(C)Oc1ccc(NS(C)(=O)=O)cc1B1OC(C)(C)C(C)(C)O1. The molecule has 0 aliphatic carbocycles. The summed E-state index contributed by atoms with van der Waals surface area (Å²) >= 11 is 0. The average Bonchev–Trinajstić information content (AvgIpc) is 2.58. The number of sulfonamides is 1. The van der Waals surface area contributed by atoms with Crippen LogP contribution in [0.1, 0.15) is 41.5 Å². The van der Waals surface area contributed by atoms with Crippen LogP contribution in [-0.2, 0) is 19.3 Å². The van der Waals surface area contributed by atoms with Crippen molar-refractivity contribution < 1.29 is 22.5 Å². The Kier molecular flexibility index (Phi) is 4.96. The van der Waals surface area contributed by atoms with Crippen molar-refractivity contribution in [1.82, 2.24) is 0 Å². The van der Waals surface area contributed by atoms with Crippen molar-refractivity contribution >= 4 is 28.3 Å². The van der Waals surface area contributed by atoms with Gasteiger partial charge in [-0.15, -0.1) is 0 Å². The molecule has 1 aromatic carbocycles. The summed E-state index contributed by atoms with van der Waals surface area (Å²) in [6.07, 6.45) is 1.08. The number of hydrogen-bond acceptors (Lipinski definition) is 5. The number of benzene rings is 1. The van der Waals surface area contributed by atoms with Gasteiger partial charge in [0.1, 0.15) is 5.75 Å². The van der Waals surface area contributed by atoms with Gasteiger partial charge in [-0.1, -0.05) is 0 Å². The lowest BCUT2D eigenvalue weighted by Gasteiger charge is -2.32. The summed E-state index contributed by atoms with van der Waals surface area (Å²) in [5.74, 6) is 0.613. The Morgan fingerprint density at radius 1 is 1.12 bits per heavy atom. The van der Waals surface area contributed by atoms with E-state index in [9.17, 15) is 8.42 Å². The molecule has 0 unspecified atom stereocenters. The summed E-state index contributed by atoms with van der Waals surface area (Å²) < 4.78 is 43.5. The number of hydrogen-bond donors (Lipinski definition) is 1. The third-order valence-corrected chi connectivity index (χ3v) is 4.79. The van der Waals surface area contributed by atoms with Gasteiger partial charge in [0.2, 0.25) is 10.0 Å². The van der Waals surface area contributed by atoms with E-state index in [0.29, 0.717) is 16.9 Å². The predicted octanol–water partition coefficient (Wildman–Crippen LogP) is 2.14. The minimum Gasteiger partial charge on any atom is -0.491 e. The van der Waals surface area contributed by atoms with Gasteiger partial charge >= 0.3 is 7.12 Å². The van der Waals surface area contributed by atoms with E-state index in [0.717, 1.165) is 6.26 Å². The summed E-state index contributed by atoms with van der Waals surface area (Å²) in [7, 11) is -4.01. The summed E-state index contributed by atoms with van der Waals surface area (Å²) in [5, 5.41) is 0. The maximum atomic E-state index is 11.5. The molecule has 0 radical (unpaired) electrons. The first-order valence-electron chi connectivity index (χ1n) is 7.95. The van der Waals surface area contributed by atoms with E-state index in [-0.39, 0.29) is 6.10 Å². The van der Waals surface area contributed by atoms with E-state index < -0.39 is 28.3 Å². The lowest BCUT2D eigenvalue weighted by Crippen LogP contribution is -2.41. The van der Waals surface area contributed by atoms with Gasteiger partial charge in [-0.3, -0.25) is 4.72 Å². The van der Waals surface area contributed by atoms with Crippen molar-refractivity contribution in [1.29, 1.82) is 0 Å². The monoisotopic (exact) mass is 355 g/mol. The van der Waals surface area contributed by atoms with Crippen molar-refractivity contribution in [3.8, 4) is 5.75 Å². The molecule has 2 rings (SSSR count). The van der Waals surface area contributed by atoms with Crippen LogP contribution in [0, 0.1) is 0 Å². The van der Waals surface area contributed by atoms with Gasteiger partial charge in [0.05, 0.1) is 23.6 Å². The molecule has 1 heterocycles. The van der Waals surface area contributed by atoms with E-state index >= 15 is 0 Å². The van der Waals surface area contributed by atoms with Crippen molar-refractivity contribution in [3.05, 3.63) is 18.2 Å². The standard InChI is InChI=1S/C16H26BNO5S/c1-11(2)21-14-9-8-12(18-24(7,19)20)10-13(14)17-22-15(3,4)16(5,6)23-17/h8-11,18H,1-7H3. The first kappa shape index (κ1) is 19.1. The largest absolute Gasteiger partial charge is 0.498 e. The van der Waals surface area contributed by atoms with Crippen LogP contribution >= 0.6 is 0 Å². The van der Waals surface area contributed by atoms with E-state index in [4.69, 9.17) is 14.0 Å². The molecule has 1 fully saturated rings. The highest BCUT2D eigenvalue weighted by Crippen LogP contribution is 2.37. The van der Waals surface area contributed by atoms with E-state index in [2.05, 4.69) is 4.72 Å². The molecule has 1 N–H and O–H groups in total. The van der Waals surface area contributed by atoms with Crippen molar-refractivity contribution in [3.63, 3.8) is 0 Å². The minimum atomic E-state index is -3.37. The lowest BCUT2D eigenvalue weighted by atomic mass is 9.78. The van der Waals surface area contributed by atoms with Crippen molar-refractivity contribution in [2.45, 2.75) is 58.8 Å². The van der Waals surface area contributed by atoms with Crippen LogP contribution in [0.25, 0.3) is 0 Å². The summed E-state index contributed by atoms with van der Waals surface area (Å²) in [5.41, 5.74) is 0.120. The Morgan fingerprint density at radius 3 is 2.12 bits per heavy atom. The van der Waals surface area contributed by atoms with Crippen LogP contribution in [0.5, 0.6) is 5.75 Å². The Morgan fingerprint density at radius 2 is 1.67 bits per heavy atom. The summed E-state index contributed by atoms with van der Waals surface area (Å²) in [4.78, 5) is 0. The molecule has 1 aromatic rings. The zero-order valence-corrected chi connectivity index (χ0v) is 16.2. The minimum absolute atomic E-state index is 0.0279. The summed E-state index contributed by atoms with van der Waals surface area (Å²) in [6.45, 7) is 11.7. The number of anilines is 1. The third kappa shape index (κ3) is 4.23. The van der Waals surface area contributed by atoms with Gasteiger partial charge < -0.3 is 14.0 Å². The Bertz CT molecular complexity index is 699. The fraction of sp³-hybridized carbons (Fsp3) is 0.625. The second-order valence-electron chi connectivity index (χ2n) is 7.38. The molecule has 134 valence electrons. The van der Waals surface area contributed by atoms with Crippen LogP contribution in [-0.4, -0.2) is 39.1 Å². The molecule has 8 heteroatoms. The molecule has 0 bridgehead atoms. The molecule has 0 atom stereocenters. The van der Waals surface area contributed by atoms with Gasteiger partial charge in [0.25, 0.3) is 0 Å². The number of nitrogens with one attached hydrogen (secondary N) is 1. The molecule has 0 amide bonds. The molecular weight excluding hydrogens is 329 g/mol.